The number of Topliss-reactive ketones (excluding diaryl/α,β-unsaturated/α-hetero) is 1. The molecule has 0 aliphatic rings. The molecule has 0 bridgehead atoms. The summed E-state index contributed by atoms with van der Waals surface area (Å²) in [6, 6.07) is 0. The van der Waals surface area contributed by atoms with Crippen molar-refractivity contribution in [3.8, 4) is 0 Å². The Morgan fingerprint density at radius 3 is 2.00 bits per heavy atom. The van der Waals surface area contributed by atoms with E-state index >= 15 is 0 Å². The largest absolute Gasteiger partial charge is 0.304 e. The van der Waals surface area contributed by atoms with Gasteiger partial charge in [0.25, 0.3) is 0 Å². The van der Waals surface area contributed by atoms with Crippen molar-refractivity contribution in [2.75, 3.05) is 0 Å². The van der Waals surface area contributed by atoms with Gasteiger partial charge in [-0.1, -0.05) is 26.7 Å². The smallest absolute Gasteiger partial charge is 0.132 e. The average Bonchev–Trinajstić information content (AvgIpc) is 2.07. The van der Waals surface area contributed by atoms with E-state index in [1.54, 1.807) is 0 Å². The standard InChI is InChI=1S/C9H18O.C2H4O/c1-3-5-6-8-9(10)7-4-2;1-2-3/h3-8H2,1-2H3;2H,1H3. The Bertz CT molecular complexity index is 119. The first kappa shape index (κ1) is 14.8. The van der Waals surface area contributed by atoms with E-state index in [-0.39, 0.29) is 0 Å². The van der Waals surface area contributed by atoms with Gasteiger partial charge in [-0.3, -0.25) is 4.79 Å². The molecule has 0 atom stereocenters. The molecule has 0 amide bonds. The summed E-state index contributed by atoms with van der Waals surface area (Å²) in [6.45, 7) is 5.65. The van der Waals surface area contributed by atoms with E-state index < -0.39 is 0 Å². The fourth-order valence-electron chi connectivity index (χ4n) is 0.976. The molecule has 0 aliphatic heterocycles. The fraction of sp³-hybridized carbons (Fsp3) is 0.818. The van der Waals surface area contributed by atoms with Gasteiger partial charge in [0.1, 0.15) is 12.1 Å². The molecule has 2 nitrogen and oxygen atoms in total. The molecular formula is C11H22O2. The van der Waals surface area contributed by atoms with Crippen LogP contribution in [0.15, 0.2) is 0 Å². The van der Waals surface area contributed by atoms with Crippen molar-refractivity contribution < 1.29 is 9.59 Å². The molecule has 0 spiro atoms. The first-order valence-electron chi connectivity index (χ1n) is 5.14. The minimum atomic E-state index is 0.441. The number of hydrogen-bond donors (Lipinski definition) is 0. The second kappa shape index (κ2) is 13.9. The Balaban J connectivity index is 0. The van der Waals surface area contributed by atoms with Crippen LogP contribution in [-0.2, 0) is 9.59 Å². The van der Waals surface area contributed by atoms with Crippen LogP contribution in [-0.4, -0.2) is 12.1 Å². The first-order chi connectivity index (χ1) is 6.22. The van der Waals surface area contributed by atoms with E-state index in [0.717, 1.165) is 32.0 Å². The second-order valence-corrected chi connectivity index (χ2v) is 2.98. The Labute approximate surface area is 81.7 Å². The summed E-state index contributed by atoms with van der Waals surface area (Å²) in [7, 11) is 0. The monoisotopic (exact) mass is 186 g/mol. The van der Waals surface area contributed by atoms with E-state index in [0.29, 0.717) is 5.78 Å². The van der Waals surface area contributed by atoms with Gasteiger partial charge in [0.15, 0.2) is 0 Å². The number of ketones is 1. The van der Waals surface area contributed by atoms with Crippen molar-refractivity contribution in [3.05, 3.63) is 0 Å². The molecule has 0 aromatic carbocycles. The molecule has 0 aliphatic carbocycles. The Morgan fingerprint density at radius 1 is 1.08 bits per heavy atom. The van der Waals surface area contributed by atoms with Crippen LogP contribution in [0.1, 0.15) is 59.3 Å². The minimum absolute atomic E-state index is 0.441. The molecule has 2 heteroatoms. The highest BCUT2D eigenvalue weighted by Crippen LogP contribution is 2.02. The van der Waals surface area contributed by atoms with Crippen molar-refractivity contribution in [2.24, 2.45) is 0 Å². The van der Waals surface area contributed by atoms with Crippen molar-refractivity contribution in [3.63, 3.8) is 0 Å². The van der Waals surface area contributed by atoms with Crippen LogP contribution >= 0.6 is 0 Å². The number of rotatable bonds is 6. The van der Waals surface area contributed by atoms with Gasteiger partial charge < -0.3 is 4.79 Å². The van der Waals surface area contributed by atoms with Crippen LogP contribution < -0.4 is 0 Å². The summed E-state index contributed by atoms with van der Waals surface area (Å²) in [6.07, 6.45) is 6.85. The SMILES string of the molecule is CC=O.CCCCCC(=O)CCC. The normalized spacial score (nSPS) is 8.54. The Morgan fingerprint density at radius 2 is 1.62 bits per heavy atom. The zero-order valence-electron chi connectivity index (χ0n) is 9.14. The van der Waals surface area contributed by atoms with E-state index in [2.05, 4.69) is 13.8 Å². The molecule has 0 rings (SSSR count). The molecule has 0 saturated heterocycles. The third-order valence-corrected chi connectivity index (χ3v) is 1.59. The van der Waals surface area contributed by atoms with Gasteiger partial charge >= 0.3 is 0 Å². The average molecular weight is 186 g/mol. The summed E-state index contributed by atoms with van der Waals surface area (Å²) in [4.78, 5) is 19.7. The second-order valence-electron chi connectivity index (χ2n) is 2.98. The topological polar surface area (TPSA) is 34.1 Å². The van der Waals surface area contributed by atoms with Gasteiger partial charge in [0.2, 0.25) is 0 Å². The number of hydrogen-bond acceptors (Lipinski definition) is 2. The highest BCUT2D eigenvalue weighted by Gasteiger charge is 1.97. The fourth-order valence-corrected chi connectivity index (χ4v) is 0.976. The lowest BCUT2D eigenvalue weighted by Crippen LogP contribution is -1.95. The molecular weight excluding hydrogens is 164 g/mol. The van der Waals surface area contributed by atoms with Crippen LogP contribution in [0.3, 0.4) is 0 Å². The van der Waals surface area contributed by atoms with Crippen molar-refractivity contribution in [1.29, 1.82) is 0 Å². The maximum atomic E-state index is 10.9. The maximum Gasteiger partial charge on any atom is 0.132 e. The third kappa shape index (κ3) is 18.4. The van der Waals surface area contributed by atoms with E-state index in [1.807, 2.05) is 0 Å². The predicted molar refractivity (Wildman–Crippen MR) is 55.8 cm³/mol. The molecule has 0 fully saturated rings. The van der Waals surface area contributed by atoms with Crippen LogP contribution in [0, 0.1) is 0 Å². The Kier molecular flexibility index (Phi) is 15.9. The molecule has 78 valence electrons. The molecule has 0 aromatic rings. The van der Waals surface area contributed by atoms with Gasteiger partial charge in [0, 0.05) is 12.8 Å². The lowest BCUT2D eigenvalue weighted by molar-refractivity contribution is -0.119. The van der Waals surface area contributed by atoms with E-state index in [1.165, 1.54) is 19.8 Å². The third-order valence-electron chi connectivity index (χ3n) is 1.59. The lowest BCUT2D eigenvalue weighted by Gasteiger charge is -1.96. The molecule has 0 unspecified atom stereocenters. The lowest BCUT2D eigenvalue weighted by atomic mass is 10.1. The summed E-state index contributed by atoms with van der Waals surface area (Å²) in [5, 5.41) is 0. The van der Waals surface area contributed by atoms with Gasteiger partial charge in [-0.05, 0) is 19.8 Å². The van der Waals surface area contributed by atoms with Crippen molar-refractivity contribution >= 4 is 12.1 Å². The minimum Gasteiger partial charge on any atom is -0.304 e. The van der Waals surface area contributed by atoms with Crippen LogP contribution in [0.5, 0.6) is 0 Å². The summed E-state index contributed by atoms with van der Waals surface area (Å²) < 4.78 is 0. The number of carbonyl (C=O) groups is 2. The highest BCUT2D eigenvalue weighted by molar-refractivity contribution is 5.78. The summed E-state index contributed by atoms with van der Waals surface area (Å²) in [5.74, 6) is 0.441. The maximum absolute atomic E-state index is 10.9. The first-order valence-corrected chi connectivity index (χ1v) is 5.14. The van der Waals surface area contributed by atoms with E-state index in [4.69, 9.17) is 4.79 Å². The van der Waals surface area contributed by atoms with Gasteiger partial charge in [0.05, 0.1) is 0 Å². The van der Waals surface area contributed by atoms with Gasteiger partial charge in [-0.2, -0.15) is 0 Å². The zero-order chi connectivity index (χ0) is 10.5. The van der Waals surface area contributed by atoms with E-state index in [9.17, 15) is 4.79 Å². The van der Waals surface area contributed by atoms with Crippen molar-refractivity contribution in [1.82, 2.24) is 0 Å². The molecule has 13 heavy (non-hydrogen) atoms. The number of unbranched alkanes of at least 4 members (excludes halogenated alkanes) is 2. The van der Waals surface area contributed by atoms with Gasteiger partial charge in [-0.25, -0.2) is 0 Å². The quantitative estimate of drug-likeness (QED) is 0.471. The molecule has 0 N–H and O–H groups in total. The summed E-state index contributed by atoms with van der Waals surface area (Å²) >= 11 is 0. The molecule has 0 aromatic heterocycles. The van der Waals surface area contributed by atoms with Crippen LogP contribution in [0.4, 0.5) is 0 Å². The predicted octanol–water partition coefficient (Wildman–Crippen LogP) is 3.14. The number of aldehydes is 1. The highest BCUT2D eigenvalue weighted by atomic mass is 16.1. The Hall–Kier alpha value is -0.660. The van der Waals surface area contributed by atoms with Crippen molar-refractivity contribution in [2.45, 2.75) is 59.3 Å². The molecule has 0 heterocycles. The van der Waals surface area contributed by atoms with Gasteiger partial charge in [-0.15, -0.1) is 0 Å². The molecule has 0 saturated carbocycles. The summed E-state index contributed by atoms with van der Waals surface area (Å²) in [5.41, 5.74) is 0. The van der Waals surface area contributed by atoms with Crippen LogP contribution in [0.25, 0.3) is 0 Å². The van der Waals surface area contributed by atoms with Crippen LogP contribution in [0.2, 0.25) is 0 Å². The number of carbonyl (C=O) groups excluding carboxylic acids is 2. The molecule has 0 radical (unpaired) electrons. The zero-order valence-corrected chi connectivity index (χ0v) is 9.14.